The number of nitrogens with zero attached hydrogens (tertiary/aromatic N) is 2. The largest absolute Gasteiger partial charge is 0.464 e. The van der Waals surface area contributed by atoms with Crippen LogP contribution >= 0.6 is 11.3 Å². The van der Waals surface area contributed by atoms with E-state index in [4.69, 9.17) is 9.40 Å². The van der Waals surface area contributed by atoms with E-state index in [-0.39, 0.29) is 11.6 Å². The summed E-state index contributed by atoms with van der Waals surface area (Å²) in [7, 11) is 0. The van der Waals surface area contributed by atoms with Crippen molar-refractivity contribution in [3.63, 3.8) is 0 Å². The van der Waals surface area contributed by atoms with E-state index in [0.717, 1.165) is 29.3 Å². The quantitative estimate of drug-likeness (QED) is 0.804. The van der Waals surface area contributed by atoms with Crippen LogP contribution in [0.2, 0.25) is 0 Å². The maximum Gasteiger partial charge on any atom is 0.260 e. The molecule has 0 saturated carbocycles. The standard InChI is InChI=1S/C16H17N3O2S/c1-10(19-6-2-3-7-19)14-17-15(20)13-11(9-22-16(13)18-14)12-5-4-8-21-12/h4-5,8-10H,2-3,6-7H2,1H3,(H,17,18,20)/t10-/m0/s1. The molecule has 6 heteroatoms. The first-order valence-electron chi connectivity index (χ1n) is 7.53. The lowest BCUT2D eigenvalue weighted by Gasteiger charge is -2.22. The Morgan fingerprint density at radius 2 is 2.23 bits per heavy atom. The van der Waals surface area contributed by atoms with Crippen molar-refractivity contribution in [1.29, 1.82) is 0 Å². The van der Waals surface area contributed by atoms with E-state index in [9.17, 15) is 4.79 Å². The highest BCUT2D eigenvalue weighted by Crippen LogP contribution is 2.32. The fourth-order valence-corrected chi connectivity index (χ4v) is 4.01. The monoisotopic (exact) mass is 315 g/mol. The number of aromatic amines is 1. The van der Waals surface area contributed by atoms with Gasteiger partial charge in [0.2, 0.25) is 0 Å². The van der Waals surface area contributed by atoms with E-state index in [1.54, 1.807) is 6.26 Å². The Hall–Kier alpha value is -1.92. The molecule has 1 N–H and O–H groups in total. The number of rotatable bonds is 3. The number of furan rings is 1. The van der Waals surface area contributed by atoms with Crippen LogP contribution in [0.3, 0.4) is 0 Å². The summed E-state index contributed by atoms with van der Waals surface area (Å²) in [5, 5.41) is 2.56. The van der Waals surface area contributed by atoms with Gasteiger partial charge in [0.1, 0.15) is 16.4 Å². The van der Waals surface area contributed by atoms with Crippen LogP contribution < -0.4 is 5.56 Å². The number of thiophene rings is 1. The van der Waals surface area contributed by atoms with Crippen LogP contribution in [-0.4, -0.2) is 28.0 Å². The Balaban J connectivity index is 1.80. The minimum atomic E-state index is -0.0845. The average molecular weight is 315 g/mol. The first kappa shape index (κ1) is 13.7. The lowest BCUT2D eigenvalue weighted by atomic mass is 10.2. The van der Waals surface area contributed by atoms with Crippen molar-refractivity contribution in [3.05, 3.63) is 40.0 Å². The van der Waals surface area contributed by atoms with Crippen molar-refractivity contribution >= 4 is 21.6 Å². The van der Waals surface area contributed by atoms with E-state index < -0.39 is 0 Å². The summed E-state index contributed by atoms with van der Waals surface area (Å²) in [5.74, 6) is 1.46. The SMILES string of the molecule is C[C@@H](c1nc2scc(-c3ccco3)c2c(=O)[nH]1)N1CCCC1. The molecule has 4 heterocycles. The number of hydrogen-bond acceptors (Lipinski definition) is 5. The van der Waals surface area contributed by atoms with Crippen molar-refractivity contribution in [2.45, 2.75) is 25.8 Å². The van der Waals surface area contributed by atoms with Gasteiger partial charge in [0, 0.05) is 10.9 Å². The fourth-order valence-electron chi connectivity index (χ4n) is 3.08. The van der Waals surface area contributed by atoms with Crippen LogP contribution in [0.15, 0.2) is 33.0 Å². The molecule has 1 aliphatic rings. The van der Waals surface area contributed by atoms with E-state index in [1.807, 2.05) is 17.5 Å². The Labute approximate surface area is 131 Å². The number of aromatic nitrogens is 2. The van der Waals surface area contributed by atoms with E-state index in [0.29, 0.717) is 11.1 Å². The van der Waals surface area contributed by atoms with Gasteiger partial charge in [-0.25, -0.2) is 4.98 Å². The third-order valence-corrected chi connectivity index (χ3v) is 5.21. The molecule has 0 radical (unpaired) electrons. The van der Waals surface area contributed by atoms with Crippen LogP contribution in [0.25, 0.3) is 21.5 Å². The van der Waals surface area contributed by atoms with Gasteiger partial charge in [-0.2, -0.15) is 0 Å². The first-order valence-corrected chi connectivity index (χ1v) is 8.41. The van der Waals surface area contributed by atoms with Gasteiger partial charge in [-0.05, 0) is 45.0 Å². The Kier molecular flexibility index (Phi) is 3.35. The maximum atomic E-state index is 12.5. The number of likely N-dealkylation sites (tertiary alicyclic amines) is 1. The summed E-state index contributed by atoms with van der Waals surface area (Å²) >= 11 is 1.49. The molecule has 0 amide bonds. The highest BCUT2D eigenvalue weighted by atomic mass is 32.1. The molecule has 3 aromatic rings. The first-order chi connectivity index (χ1) is 10.7. The van der Waals surface area contributed by atoms with Gasteiger partial charge >= 0.3 is 0 Å². The molecule has 114 valence electrons. The van der Waals surface area contributed by atoms with E-state index >= 15 is 0 Å². The lowest BCUT2D eigenvalue weighted by molar-refractivity contribution is 0.253. The summed E-state index contributed by atoms with van der Waals surface area (Å²) in [4.78, 5) is 23.4. The minimum absolute atomic E-state index is 0.0845. The van der Waals surface area contributed by atoms with Gasteiger partial charge < -0.3 is 9.40 Å². The maximum absolute atomic E-state index is 12.5. The van der Waals surface area contributed by atoms with Crippen LogP contribution in [0.5, 0.6) is 0 Å². The molecular formula is C16H17N3O2S. The summed E-state index contributed by atoms with van der Waals surface area (Å²) in [6.45, 7) is 4.26. The number of H-pyrrole nitrogens is 1. The molecule has 0 aromatic carbocycles. The molecule has 0 aliphatic carbocycles. The van der Waals surface area contributed by atoms with Gasteiger partial charge in [0.25, 0.3) is 5.56 Å². The van der Waals surface area contributed by atoms with Gasteiger partial charge in [-0.3, -0.25) is 9.69 Å². The van der Waals surface area contributed by atoms with Crippen LogP contribution in [-0.2, 0) is 0 Å². The van der Waals surface area contributed by atoms with E-state index in [2.05, 4.69) is 16.8 Å². The highest BCUT2D eigenvalue weighted by Gasteiger charge is 2.23. The zero-order valence-corrected chi connectivity index (χ0v) is 13.2. The smallest absolute Gasteiger partial charge is 0.260 e. The van der Waals surface area contributed by atoms with Crippen molar-refractivity contribution in [3.8, 4) is 11.3 Å². The zero-order valence-electron chi connectivity index (χ0n) is 12.3. The normalized spacial score (nSPS) is 17.3. The number of hydrogen-bond donors (Lipinski definition) is 1. The van der Waals surface area contributed by atoms with Crippen LogP contribution in [0, 0.1) is 0 Å². The molecule has 5 nitrogen and oxygen atoms in total. The molecular weight excluding hydrogens is 298 g/mol. The van der Waals surface area contributed by atoms with Crippen LogP contribution in [0.4, 0.5) is 0 Å². The Bertz CT molecular complexity index is 844. The van der Waals surface area contributed by atoms with Crippen molar-refractivity contribution in [1.82, 2.24) is 14.9 Å². The topological polar surface area (TPSA) is 62.1 Å². The highest BCUT2D eigenvalue weighted by molar-refractivity contribution is 7.17. The molecule has 1 fully saturated rings. The lowest BCUT2D eigenvalue weighted by Crippen LogP contribution is -2.26. The third-order valence-electron chi connectivity index (χ3n) is 4.33. The van der Waals surface area contributed by atoms with Crippen molar-refractivity contribution in [2.75, 3.05) is 13.1 Å². The molecule has 1 atom stereocenters. The summed E-state index contributed by atoms with van der Waals surface area (Å²) in [5.41, 5.74) is 0.734. The second-order valence-corrected chi connectivity index (χ2v) is 6.54. The van der Waals surface area contributed by atoms with Gasteiger partial charge in [-0.1, -0.05) is 0 Å². The van der Waals surface area contributed by atoms with Crippen molar-refractivity contribution in [2.24, 2.45) is 0 Å². The molecule has 0 bridgehead atoms. The summed E-state index contributed by atoms with van der Waals surface area (Å²) < 4.78 is 5.42. The summed E-state index contributed by atoms with van der Waals surface area (Å²) in [6, 6.07) is 3.83. The zero-order chi connectivity index (χ0) is 15.1. The number of fused-ring (bicyclic) bond motifs is 1. The van der Waals surface area contributed by atoms with Crippen molar-refractivity contribution < 1.29 is 4.42 Å². The molecule has 1 aliphatic heterocycles. The minimum Gasteiger partial charge on any atom is -0.464 e. The average Bonchev–Trinajstić information content (AvgIpc) is 3.25. The Morgan fingerprint density at radius 3 is 2.95 bits per heavy atom. The number of nitrogens with one attached hydrogen (secondary N) is 1. The molecule has 0 unspecified atom stereocenters. The molecule has 22 heavy (non-hydrogen) atoms. The molecule has 4 rings (SSSR count). The predicted molar refractivity (Wildman–Crippen MR) is 87.2 cm³/mol. The van der Waals surface area contributed by atoms with Gasteiger partial charge in [0.15, 0.2) is 0 Å². The predicted octanol–water partition coefficient (Wildman–Crippen LogP) is 3.40. The Morgan fingerprint density at radius 1 is 1.41 bits per heavy atom. The summed E-state index contributed by atoms with van der Waals surface area (Å²) in [6.07, 6.45) is 4.06. The molecule has 0 spiro atoms. The van der Waals surface area contributed by atoms with E-state index in [1.165, 1.54) is 24.2 Å². The molecule has 1 saturated heterocycles. The third kappa shape index (κ3) is 2.19. The molecule has 3 aromatic heterocycles. The van der Waals surface area contributed by atoms with Gasteiger partial charge in [0.05, 0.1) is 17.7 Å². The van der Waals surface area contributed by atoms with Gasteiger partial charge in [-0.15, -0.1) is 11.3 Å². The second-order valence-electron chi connectivity index (χ2n) is 5.68. The fraction of sp³-hybridized carbons (Fsp3) is 0.375. The second kappa shape index (κ2) is 5.37. The van der Waals surface area contributed by atoms with Crippen LogP contribution in [0.1, 0.15) is 31.6 Å².